The van der Waals surface area contributed by atoms with Crippen molar-refractivity contribution in [1.82, 2.24) is 0 Å². The summed E-state index contributed by atoms with van der Waals surface area (Å²) in [5.41, 5.74) is 9.76. The fraction of sp³-hybridized carbons (Fsp3) is 0.333. The predicted octanol–water partition coefficient (Wildman–Crippen LogP) is 7.23. The molecule has 0 heterocycles. The third-order valence-electron chi connectivity index (χ3n) is 5.89. The van der Waals surface area contributed by atoms with Gasteiger partial charge in [-0.3, -0.25) is 0 Å². The van der Waals surface area contributed by atoms with E-state index < -0.39 is 0 Å². The maximum absolute atomic E-state index is 11.1. The van der Waals surface area contributed by atoms with Crippen molar-refractivity contribution in [3.8, 4) is 28.0 Å². The van der Waals surface area contributed by atoms with Gasteiger partial charge in [-0.2, -0.15) is 0 Å². The smallest absolute Gasteiger partial charge is 0.123 e. The maximum Gasteiger partial charge on any atom is 0.123 e. The van der Waals surface area contributed by atoms with E-state index in [1.165, 1.54) is 33.4 Å². The van der Waals surface area contributed by atoms with Crippen molar-refractivity contribution in [2.75, 3.05) is 0 Å². The summed E-state index contributed by atoms with van der Waals surface area (Å²) in [6.45, 7) is 13.0. The number of rotatable bonds is 1. The summed E-state index contributed by atoms with van der Waals surface area (Å²) in [7, 11) is 0. The number of phenols is 1. The zero-order valence-corrected chi connectivity index (χ0v) is 17.9. The van der Waals surface area contributed by atoms with Crippen LogP contribution in [0.4, 0.5) is 0 Å². The van der Waals surface area contributed by atoms with Crippen LogP contribution in [0.2, 0.25) is 0 Å². The quantitative estimate of drug-likeness (QED) is 0.375. The van der Waals surface area contributed by atoms with E-state index in [0.717, 1.165) is 17.5 Å². The highest BCUT2D eigenvalue weighted by molar-refractivity contribution is 5.85. The number of hydrogen-bond donors (Lipinski definition) is 1. The highest BCUT2D eigenvalue weighted by Crippen LogP contribution is 2.45. The highest BCUT2D eigenvalue weighted by atomic mass is 16.3. The Morgan fingerprint density at radius 2 is 1.21 bits per heavy atom. The lowest BCUT2D eigenvalue weighted by Crippen LogP contribution is -2.17. The average Bonchev–Trinajstić information content (AvgIpc) is 2.99. The van der Waals surface area contributed by atoms with Crippen LogP contribution >= 0.6 is 0 Å². The molecule has 0 unspecified atom stereocenters. The largest absolute Gasteiger partial charge is 0.507 e. The molecular formula is C27H30O. The molecule has 0 bridgehead atoms. The van der Waals surface area contributed by atoms with Gasteiger partial charge in [0.05, 0.1) is 0 Å². The van der Waals surface area contributed by atoms with Gasteiger partial charge in [0, 0.05) is 11.1 Å². The van der Waals surface area contributed by atoms with Gasteiger partial charge >= 0.3 is 0 Å². The summed E-state index contributed by atoms with van der Waals surface area (Å²) < 4.78 is 0. The summed E-state index contributed by atoms with van der Waals surface area (Å²) in [4.78, 5) is 0. The Bertz CT molecular complexity index is 1020. The second kappa shape index (κ2) is 6.24. The molecule has 4 rings (SSSR count). The van der Waals surface area contributed by atoms with Crippen molar-refractivity contribution in [3.05, 3.63) is 76.9 Å². The molecule has 0 fully saturated rings. The van der Waals surface area contributed by atoms with Gasteiger partial charge in [0.15, 0.2) is 0 Å². The Kier molecular flexibility index (Phi) is 4.19. The first-order valence-electron chi connectivity index (χ1n) is 10.2. The standard InChI is InChI=1S/C27H30O/c1-26(2,3)23-15-18(16-24(25(23)28)27(4,5)6)20-12-9-13-21-19-11-8-7-10-17(19)14-22(20)21/h7-13,15-16,28H,14H2,1-6H3. The van der Waals surface area contributed by atoms with E-state index in [2.05, 4.69) is 96.1 Å². The Labute approximate surface area is 169 Å². The Morgan fingerprint density at radius 1 is 0.679 bits per heavy atom. The van der Waals surface area contributed by atoms with Crippen LogP contribution in [0.15, 0.2) is 54.6 Å². The molecule has 28 heavy (non-hydrogen) atoms. The summed E-state index contributed by atoms with van der Waals surface area (Å²) in [5, 5.41) is 11.1. The van der Waals surface area contributed by atoms with E-state index in [9.17, 15) is 5.11 Å². The van der Waals surface area contributed by atoms with Crippen LogP contribution in [-0.2, 0) is 17.3 Å². The minimum Gasteiger partial charge on any atom is -0.507 e. The fourth-order valence-electron chi connectivity index (χ4n) is 4.36. The van der Waals surface area contributed by atoms with E-state index >= 15 is 0 Å². The highest BCUT2D eigenvalue weighted by Gasteiger charge is 2.28. The second-order valence-corrected chi connectivity index (χ2v) is 10.1. The molecule has 0 spiro atoms. The zero-order valence-electron chi connectivity index (χ0n) is 17.9. The number of phenolic OH excluding ortho intramolecular Hbond substituents is 1. The van der Waals surface area contributed by atoms with Crippen molar-refractivity contribution in [3.63, 3.8) is 0 Å². The molecule has 3 aromatic rings. The predicted molar refractivity (Wildman–Crippen MR) is 119 cm³/mol. The first-order valence-corrected chi connectivity index (χ1v) is 10.2. The van der Waals surface area contributed by atoms with Crippen LogP contribution in [0.5, 0.6) is 5.75 Å². The Hall–Kier alpha value is -2.54. The van der Waals surface area contributed by atoms with E-state index in [0.29, 0.717) is 5.75 Å². The molecule has 0 amide bonds. The van der Waals surface area contributed by atoms with Crippen molar-refractivity contribution in [2.45, 2.75) is 58.8 Å². The number of hydrogen-bond acceptors (Lipinski definition) is 1. The average molecular weight is 371 g/mol. The molecule has 0 atom stereocenters. The molecule has 0 aromatic heterocycles. The third kappa shape index (κ3) is 3.03. The van der Waals surface area contributed by atoms with Gasteiger partial charge < -0.3 is 5.11 Å². The van der Waals surface area contributed by atoms with E-state index in [1.807, 2.05) is 0 Å². The molecule has 0 saturated heterocycles. The van der Waals surface area contributed by atoms with Crippen molar-refractivity contribution >= 4 is 0 Å². The monoisotopic (exact) mass is 370 g/mol. The number of aromatic hydroxyl groups is 1. The molecule has 3 aromatic carbocycles. The van der Waals surface area contributed by atoms with Crippen LogP contribution in [-0.4, -0.2) is 5.11 Å². The van der Waals surface area contributed by atoms with Crippen LogP contribution in [0.25, 0.3) is 22.3 Å². The minimum absolute atomic E-state index is 0.124. The maximum atomic E-state index is 11.1. The first-order chi connectivity index (χ1) is 13.1. The molecule has 1 nitrogen and oxygen atoms in total. The van der Waals surface area contributed by atoms with Gasteiger partial charge in [-0.25, -0.2) is 0 Å². The van der Waals surface area contributed by atoms with Crippen molar-refractivity contribution in [2.24, 2.45) is 0 Å². The van der Waals surface area contributed by atoms with Gasteiger partial charge in [0.2, 0.25) is 0 Å². The zero-order chi connectivity index (χ0) is 20.3. The normalized spacial score (nSPS) is 13.4. The summed E-state index contributed by atoms with van der Waals surface area (Å²) in [5.74, 6) is 0.444. The van der Waals surface area contributed by atoms with E-state index in [1.54, 1.807) is 0 Å². The van der Waals surface area contributed by atoms with Gasteiger partial charge in [-0.15, -0.1) is 0 Å². The lowest BCUT2D eigenvalue weighted by atomic mass is 9.77. The molecule has 0 aliphatic heterocycles. The van der Waals surface area contributed by atoms with Gasteiger partial charge in [0.25, 0.3) is 0 Å². The van der Waals surface area contributed by atoms with E-state index in [4.69, 9.17) is 0 Å². The number of fused-ring (bicyclic) bond motifs is 3. The minimum atomic E-state index is -0.124. The lowest BCUT2D eigenvalue weighted by molar-refractivity contribution is 0.423. The summed E-state index contributed by atoms with van der Waals surface area (Å²) in [6, 6.07) is 19.7. The molecule has 1 heteroatoms. The van der Waals surface area contributed by atoms with Gasteiger partial charge in [-0.1, -0.05) is 84.0 Å². The van der Waals surface area contributed by atoms with Crippen LogP contribution in [0.1, 0.15) is 63.8 Å². The molecule has 1 aliphatic rings. The summed E-state index contributed by atoms with van der Waals surface area (Å²) >= 11 is 0. The van der Waals surface area contributed by atoms with Crippen LogP contribution in [0.3, 0.4) is 0 Å². The Balaban J connectivity index is 1.97. The summed E-state index contributed by atoms with van der Waals surface area (Å²) in [6.07, 6.45) is 0.970. The van der Waals surface area contributed by atoms with Crippen LogP contribution < -0.4 is 0 Å². The van der Waals surface area contributed by atoms with E-state index in [-0.39, 0.29) is 10.8 Å². The molecule has 1 N–H and O–H groups in total. The Morgan fingerprint density at radius 3 is 1.82 bits per heavy atom. The topological polar surface area (TPSA) is 20.2 Å². The SMILES string of the molecule is CC(C)(C)c1cc(-c2cccc3c2Cc2ccccc2-3)cc(C(C)(C)C)c1O. The molecule has 0 radical (unpaired) electrons. The van der Waals surface area contributed by atoms with Crippen molar-refractivity contribution < 1.29 is 5.11 Å². The van der Waals surface area contributed by atoms with Crippen LogP contribution in [0, 0.1) is 0 Å². The number of benzene rings is 3. The third-order valence-corrected chi connectivity index (χ3v) is 5.89. The molecule has 1 aliphatic carbocycles. The molecular weight excluding hydrogens is 340 g/mol. The second-order valence-electron chi connectivity index (χ2n) is 10.1. The lowest BCUT2D eigenvalue weighted by Gasteiger charge is -2.28. The first kappa shape index (κ1) is 18.8. The van der Waals surface area contributed by atoms with Crippen molar-refractivity contribution in [1.29, 1.82) is 0 Å². The van der Waals surface area contributed by atoms with Gasteiger partial charge in [0.1, 0.15) is 5.75 Å². The molecule has 144 valence electrons. The molecule has 0 saturated carbocycles. The van der Waals surface area contributed by atoms with Gasteiger partial charge in [-0.05, 0) is 62.8 Å². The fourth-order valence-corrected chi connectivity index (χ4v) is 4.36.